The van der Waals surface area contributed by atoms with Crippen LogP contribution in [0.3, 0.4) is 0 Å². The molecular weight excluding hydrogens is 402 g/mol. The molecule has 0 aliphatic carbocycles. The lowest BCUT2D eigenvalue weighted by atomic mass is 10.1. The Morgan fingerprint density at radius 2 is 1.89 bits per heavy atom. The Bertz CT molecular complexity index is 1030. The highest BCUT2D eigenvalue weighted by Crippen LogP contribution is 2.24. The zero-order valence-corrected chi connectivity index (χ0v) is 17.7. The maximum atomic E-state index is 12.8. The number of sulfonamides is 1. The van der Waals surface area contributed by atoms with Crippen LogP contribution in [-0.4, -0.2) is 61.8 Å². The average molecular weight is 426 g/mol. The number of benzene rings is 1. The van der Waals surface area contributed by atoms with Gasteiger partial charge in [0.2, 0.25) is 5.91 Å². The van der Waals surface area contributed by atoms with Gasteiger partial charge in [-0.1, -0.05) is 29.0 Å². The van der Waals surface area contributed by atoms with Crippen LogP contribution in [0.25, 0.3) is 0 Å². The van der Waals surface area contributed by atoms with E-state index in [0.717, 1.165) is 11.1 Å². The molecule has 28 heavy (non-hydrogen) atoms. The number of methoxy groups -OCH3 is 1. The molecule has 1 aliphatic heterocycles. The molecule has 2 aromatic rings. The van der Waals surface area contributed by atoms with E-state index in [9.17, 15) is 18.0 Å². The normalized spacial score (nSPS) is 15.6. The molecule has 1 saturated heterocycles. The minimum absolute atomic E-state index is 0.0433. The Morgan fingerprint density at radius 3 is 2.46 bits per heavy atom. The first kappa shape index (κ1) is 20.6. The van der Waals surface area contributed by atoms with Gasteiger partial charge in [-0.3, -0.25) is 9.59 Å². The molecule has 152 valence electrons. The largest absolute Gasteiger partial charge is 0.496 e. The molecular formula is C18H23N3O5S2. The van der Waals surface area contributed by atoms with E-state index in [4.69, 9.17) is 4.74 Å². The second-order valence-electron chi connectivity index (χ2n) is 6.70. The molecule has 8 nitrogen and oxygen atoms in total. The summed E-state index contributed by atoms with van der Waals surface area (Å²) in [5.74, 6) is 0.599. The number of carbonyl (C=O) groups is 1. The third-order valence-electron chi connectivity index (χ3n) is 4.72. The van der Waals surface area contributed by atoms with Crippen molar-refractivity contribution in [3.05, 3.63) is 44.7 Å². The fraction of sp³-hybridized carbons (Fsp3) is 0.444. The van der Waals surface area contributed by atoms with Crippen LogP contribution in [0, 0.1) is 13.8 Å². The Labute approximate surface area is 167 Å². The number of hydrogen-bond acceptors (Lipinski definition) is 6. The standard InChI is InChI=1S/C18H23N3O5S2/c1-12-4-5-15(26-3)14(10-12)11-16(22)20-6-8-21(9-7-20)28(24,25)17-13(2)19-18(23)27-17/h4-5,10H,6-9,11H2,1-3H3,(H,19,23). The van der Waals surface area contributed by atoms with Gasteiger partial charge in [-0.25, -0.2) is 8.42 Å². The number of carbonyl (C=O) groups excluding carboxylic acids is 1. The van der Waals surface area contributed by atoms with Gasteiger partial charge in [0, 0.05) is 37.4 Å². The fourth-order valence-corrected chi connectivity index (χ4v) is 6.11. The molecule has 1 fully saturated rings. The van der Waals surface area contributed by atoms with Gasteiger partial charge in [0.05, 0.1) is 13.5 Å². The van der Waals surface area contributed by atoms with Crippen molar-refractivity contribution >= 4 is 27.3 Å². The summed E-state index contributed by atoms with van der Waals surface area (Å²) in [5, 5.41) is 0. The lowest BCUT2D eigenvalue weighted by Crippen LogP contribution is -2.50. The van der Waals surface area contributed by atoms with Crippen LogP contribution >= 0.6 is 11.3 Å². The number of nitrogens with zero attached hydrogens (tertiary/aromatic N) is 2. The topological polar surface area (TPSA) is 99.8 Å². The van der Waals surface area contributed by atoms with Crippen LogP contribution in [0.15, 0.2) is 27.2 Å². The van der Waals surface area contributed by atoms with Crippen LogP contribution in [0.5, 0.6) is 5.75 Å². The Morgan fingerprint density at radius 1 is 1.21 bits per heavy atom. The van der Waals surface area contributed by atoms with E-state index in [1.807, 2.05) is 25.1 Å². The molecule has 1 N–H and O–H groups in total. The van der Waals surface area contributed by atoms with Crippen LogP contribution in [-0.2, 0) is 21.2 Å². The molecule has 0 radical (unpaired) electrons. The number of H-pyrrole nitrogens is 1. The quantitative estimate of drug-likeness (QED) is 0.774. The molecule has 0 unspecified atom stereocenters. The van der Waals surface area contributed by atoms with Gasteiger partial charge in [0.1, 0.15) is 5.75 Å². The highest BCUT2D eigenvalue weighted by Gasteiger charge is 2.32. The van der Waals surface area contributed by atoms with Crippen molar-refractivity contribution in [3.8, 4) is 5.75 Å². The molecule has 1 aliphatic rings. The van der Waals surface area contributed by atoms with Gasteiger partial charge < -0.3 is 14.6 Å². The molecule has 0 saturated carbocycles. The summed E-state index contributed by atoms with van der Waals surface area (Å²) < 4.78 is 32.2. The number of amides is 1. The summed E-state index contributed by atoms with van der Waals surface area (Å²) >= 11 is 0.694. The Hall–Kier alpha value is -2.17. The summed E-state index contributed by atoms with van der Waals surface area (Å²) in [6.45, 7) is 4.54. The number of rotatable bonds is 5. The zero-order chi connectivity index (χ0) is 20.5. The van der Waals surface area contributed by atoms with E-state index < -0.39 is 14.9 Å². The van der Waals surface area contributed by atoms with E-state index in [2.05, 4.69) is 4.98 Å². The Kier molecular flexibility index (Phi) is 5.92. The van der Waals surface area contributed by atoms with Crippen molar-refractivity contribution < 1.29 is 17.9 Å². The predicted octanol–water partition coefficient (Wildman–Crippen LogP) is 1.14. The monoisotopic (exact) mass is 425 g/mol. The van der Waals surface area contributed by atoms with Gasteiger partial charge in [-0.15, -0.1) is 0 Å². The number of piperazine rings is 1. The molecule has 10 heteroatoms. The number of ether oxygens (including phenoxy) is 1. The number of aromatic nitrogens is 1. The highest BCUT2D eigenvalue weighted by atomic mass is 32.2. The minimum atomic E-state index is -3.73. The smallest absolute Gasteiger partial charge is 0.305 e. The molecule has 2 heterocycles. The van der Waals surface area contributed by atoms with Crippen molar-refractivity contribution in [2.24, 2.45) is 0 Å². The molecule has 0 spiro atoms. The number of hydrogen-bond donors (Lipinski definition) is 1. The minimum Gasteiger partial charge on any atom is -0.496 e. The molecule has 3 rings (SSSR count). The summed E-state index contributed by atoms with van der Waals surface area (Å²) in [7, 11) is -2.16. The molecule has 0 atom stereocenters. The number of aryl methyl sites for hydroxylation is 2. The second kappa shape index (κ2) is 8.06. The van der Waals surface area contributed by atoms with Gasteiger partial charge >= 0.3 is 4.87 Å². The summed E-state index contributed by atoms with van der Waals surface area (Å²) in [4.78, 5) is 27.9. The summed E-state index contributed by atoms with van der Waals surface area (Å²) in [6.07, 6.45) is 0.205. The van der Waals surface area contributed by atoms with Gasteiger partial charge in [-0.2, -0.15) is 4.31 Å². The number of nitrogens with one attached hydrogen (secondary N) is 1. The lowest BCUT2D eigenvalue weighted by molar-refractivity contribution is -0.131. The van der Waals surface area contributed by atoms with Crippen LogP contribution < -0.4 is 9.61 Å². The maximum absolute atomic E-state index is 12.8. The first-order valence-corrected chi connectivity index (χ1v) is 11.1. The zero-order valence-electron chi connectivity index (χ0n) is 16.0. The van der Waals surface area contributed by atoms with E-state index >= 15 is 0 Å². The number of aromatic amines is 1. The van der Waals surface area contributed by atoms with Gasteiger partial charge in [0.15, 0.2) is 4.21 Å². The first-order chi connectivity index (χ1) is 13.2. The third-order valence-corrected chi connectivity index (χ3v) is 8.20. The van der Waals surface area contributed by atoms with Crippen LogP contribution in [0.2, 0.25) is 0 Å². The van der Waals surface area contributed by atoms with E-state index in [0.29, 0.717) is 35.9 Å². The van der Waals surface area contributed by atoms with Gasteiger partial charge in [-0.05, 0) is 19.9 Å². The van der Waals surface area contributed by atoms with Crippen LogP contribution in [0.1, 0.15) is 16.8 Å². The first-order valence-electron chi connectivity index (χ1n) is 8.83. The van der Waals surface area contributed by atoms with E-state index in [-0.39, 0.29) is 29.6 Å². The molecule has 1 amide bonds. The SMILES string of the molecule is COc1ccc(C)cc1CC(=O)N1CCN(S(=O)(=O)c2sc(=O)[nH]c2C)CC1. The summed E-state index contributed by atoms with van der Waals surface area (Å²) in [5.41, 5.74) is 2.20. The summed E-state index contributed by atoms with van der Waals surface area (Å²) in [6, 6.07) is 5.69. The number of thiazole rings is 1. The second-order valence-corrected chi connectivity index (χ2v) is 9.82. The molecule has 0 bridgehead atoms. The van der Waals surface area contributed by atoms with Crippen molar-refractivity contribution in [2.75, 3.05) is 33.3 Å². The highest BCUT2D eigenvalue weighted by molar-refractivity contribution is 7.91. The van der Waals surface area contributed by atoms with E-state index in [1.165, 1.54) is 4.31 Å². The van der Waals surface area contributed by atoms with Crippen molar-refractivity contribution in [2.45, 2.75) is 24.5 Å². The van der Waals surface area contributed by atoms with Crippen molar-refractivity contribution in [1.29, 1.82) is 0 Å². The molecule has 1 aromatic heterocycles. The lowest BCUT2D eigenvalue weighted by Gasteiger charge is -2.34. The molecule has 1 aromatic carbocycles. The van der Waals surface area contributed by atoms with Crippen molar-refractivity contribution in [1.82, 2.24) is 14.2 Å². The average Bonchev–Trinajstić information content (AvgIpc) is 3.01. The predicted molar refractivity (Wildman–Crippen MR) is 106 cm³/mol. The van der Waals surface area contributed by atoms with Crippen molar-refractivity contribution in [3.63, 3.8) is 0 Å². The van der Waals surface area contributed by atoms with Gasteiger partial charge in [0.25, 0.3) is 10.0 Å². The Balaban J connectivity index is 1.67. The van der Waals surface area contributed by atoms with Crippen LogP contribution in [0.4, 0.5) is 0 Å². The van der Waals surface area contributed by atoms with E-state index in [1.54, 1.807) is 18.9 Å². The maximum Gasteiger partial charge on any atom is 0.305 e. The fourth-order valence-electron chi connectivity index (χ4n) is 3.25. The third kappa shape index (κ3) is 4.13.